The maximum atomic E-state index is 13.2. The van der Waals surface area contributed by atoms with Crippen LogP contribution in [-0.2, 0) is 26.2 Å². The Morgan fingerprint density at radius 1 is 1.13 bits per heavy atom. The fraction of sp³-hybridized carbons (Fsp3) is 0.300. The van der Waals surface area contributed by atoms with Gasteiger partial charge >= 0.3 is 0 Å². The largest absolute Gasteiger partial charge is 0.357 e. The number of halogens is 2. The van der Waals surface area contributed by atoms with Crippen molar-refractivity contribution >= 4 is 39.1 Å². The molecule has 1 N–H and O–H groups in total. The van der Waals surface area contributed by atoms with Gasteiger partial charge in [0.25, 0.3) is 0 Å². The molecule has 2 amide bonds. The molecule has 0 radical (unpaired) electrons. The first kappa shape index (κ1) is 23.6. The number of nitrogens with one attached hydrogen (secondary N) is 1. The molecule has 1 atom stereocenters. The van der Waals surface area contributed by atoms with Gasteiger partial charge in [0.05, 0.1) is 17.0 Å². The first-order valence-corrected chi connectivity index (χ1v) is 11.2. The second kappa shape index (κ2) is 9.90. The maximum Gasteiger partial charge on any atom is 0.244 e. The predicted octanol–water partition coefficient (Wildman–Crippen LogP) is 2.41. The number of benzene rings is 2. The molecule has 0 aliphatic heterocycles. The normalized spacial score (nSPS) is 12.2. The highest BCUT2D eigenvalue weighted by molar-refractivity contribution is 7.92. The van der Waals surface area contributed by atoms with Crippen LogP contribution in [0, 0.1) is 5.82 Å². The number of carbonyl (C=O) groups is 2. The molecule has 0 aromatic heterocycles. The lowest BCUT2D eigenvalue weighted by atomic mass is 10.1. The molecular formula is C20H23ClFN3O4S. The number of sulfonamides is 1. The number of carbonyl (C=O) groups excluding carboxylic acids is 2. The summed E-state index contributed by atoms with van der Waals surface area (Å²) in [6.45, 7) is 0.972. The monoisotopic (exact) mass is 455 g/mol. The van der Waals surface area contributed by atoms with Gasteiger partial charge in [0.15, 0.2) is 0 Å². The molecule has 0 bridgehead atoms. The first-order valence-electron chi connectivity index (χ1n) is 9.02. The lowest BCUT2D eigenvalue weighted by Crippen LogP contribution is -2.50. The minimum atomic E-state index is -3.85. The Morgan fingerprint density at radius 2 is 1.73 bits per heavy atom. The van der Waals surface area contributed by atoms with Gasteiger partial charge in [-0.25, -0.2) is 12.8 Å². The number of nitrogens with zero attached hydrogens (tertiary/aromatic N) is 2. The van der Waals surface area contributed by atoms with E-state index in [2.05, 4.69) is 5.32 Å². The Morgan fingerprint density at radius 3 is 2.27 bits per heavy atom. The topological polar surface area (TPSA) is 86.8 Å². The Hall–Kier alpha value is -2.65. The molecule has 0 spiro atoms. The van der Waals surface area contributed by atoms with E-state index in [9.17, 15) is 22.4 Å². The number of para-hydroxylation sites is 1. The van der Waals surface area contributed by atoms with Crippen LogP contribution in [0.1, 0.15) is 12.5 Å². The van der Waals surface area contributed by atoms with E-state index in [1.807, 2.05) is 0 Å². The Bertz CT molecular complexity index is 1010. The molecule has 2 aromatic carbocycles. The highest BCUT2D eigenvalue weighted by atomic mass is 35.5. The quantitative estimate of drug-likeness (QED) is 0.662. The van der Waals surface area contributed by atoms with Crippen molar-refractivity contribution in [2.75, 3.05) is 24.2 Å². The van der Waals surface area contributed by atoms with Crippen molar-refractivity contribution in [2.45, 2.75) is 19.5 Å². The average Bonchev–Trinajstić information content (AvgIpc) is 2.70. The minimum Gasteiger partial charge on any atom is -0.357 e. The molecule has 0 unspecified atom stereocenters. The third-order valence-electron chi connectivity index (χ3n) is 4.48. The Labute approximate surface area is 180 Å². The van der Waals surface area contributed by atoms with Crippen molar-refractivity contribution in [1.82, 2.24) is 10.2 Å². The predicted molar refractivity (Wildman–Crippen MR) is 114 cm³/mol. The van der Waals surface area contributed by atoms with E-state index in [4.69, 9.17) is 11.6 Å². The van der Waals surface area contributed by atoms with Crippen LogP contribution in [0.5, 0.6) is 0 Å². The minimum absolute atomic E-state index is 0.00613. The molecule has 0 aliphatic rings. The number of rotatable bonds is 8. The van der Waals surface area contributed by atoms with E-state index in [0.29, 0.717) is 5.56 Å². The van der Waals surface area contributed by atoms with Crippen molar-refractivity contribution in [3.8, 4) is 0 Å². The van der Waals surface area contributed by atoms with E-state index >= 15 is 0 Å². The van der Waals surface area contributed by atoms with Crippen LogP contribution in [0.4, 0.5) is 10.1 Å². The van der Waals surface area contributed by atoms with Gasteiger partial charge in [0, 0.05) is 13.6 Å². The highest BCUT2D eigenvalue weighted by Crippen LogP contribution is 2.27. The molecule has 7 nitrogen and oxygen atoms in total. The first-order chi connectivity index (χ1) is 14.0. The summed E-state index contributed by atoms with van der Waals surface area (Å²) in [5.74, 6) is -1.46. The lowest BCUT2D eigenvalue weighted by Gasteiger charge is -2.31. The lowest BCUT2D eigenvalue weighted by molar-refractivity contribution is -0.139. The van der Waals surface area contributed by atoms with E-state index in [1.165, 1.54) is 55.3 Å². The van der Waals surface area contributed by atoms with Crippen LogP contribution < -0.4 is 9.62 Å². The standard InChI is InChI=1S/C20H23ClFN3O4S/c1-14(20(27)23-2)24(12-15-8-10-16(22)11-9-15)19(26)13-25(30(3,28)29)18-7-5-4-6-17(18)21/h4-11,14H,12-13H2,1-3H3,(H,23,27)/t14-/m1/s1. The summed E-state index contributed by atoms with van der Waals surface area (Å²) in [4.78, 5) is 26.6. The average molecular weight is 456 g/mol. The zero-order valence-corrected chi connectivity index (χ0v) is 18.4. The summed E-state index contributed by atoms with van der Waals surface area (Å²) in [5, 5.41) is 2.64. The molecule has 0 heterocycles. The number of likely N-dealkylation sites (N-methyl/N-ethyl adjacent to an activating group) is 1. The molecule has 2 aromatic rings. The highest BCUT2D eigenvalue weighted by Gasteiger charge is 2.30. The van der Waals surface area contributed by atoms with E-state index in [0.717, 1.165) is 10.6 Å². The van der Waals surface area contributed by atoms with E-state index in [-0.39, 0.29) is 17.3 Å². The molecule has 30 heavy (non-hydrogen) atoms. The van der Waals surface area contributed by atoms with Crippen LogP contribution in [0.25, 0.3) is 0 Å². The van der Waals surface area contributed by atoms with Crippen LogP contribution in [0.3, 0.4) is 0 Å². The Balaban J connectivity index is 2.38. The summed E-state index contributed by atoms with van der Waals surface area (Å²) < 4.78 is 38.9. The van der Waals surface area contributed by atoms with Gasteiger partial charge in [-0.05, 0) is 36.8 Å². The third-order valence-corrected chi connectivity index (χ3v) is 5.93. The van der Waals surface area contributed by atoms with Gasteiger partial charge < -0.3 is 10.2 Å². The summed E-state index contributed by atoms with van der Waals surface area (Å²) in [6, 6.07) is 10.8. The van der Waals surface area contributed by atoms with Gasteiger partial charge in [0.2, 0.25) is 21.8 Å². The van der Waals surface area contributed by atoms with Gasteiger partial charge in [-0.1, -0.05) is 35.9 Å². The number of amides is 2. The second-order valence-electron chi connectivity index (χ2n) is 6.66. The van der Waals surface area contributed by atoms with Crippen LogP contribution >= 0.6 is 11.6 Å². The molecule has 0 fully saturated rings. The fourth-order valence-corrected chi connectivity index (χ4v) is 3.98. The van der Waals surface area contributed by atoms with E-state index in [1.54, 1.807) is 12.1 Å². The molecular weight excluding hydrogens is 433 g/mol. The summed E-state index contributed by atoms with van der Waals surface area (Å²) in [6.07, 6.45) is 0.968. The molecule has 0 saturated heterocycles. The third kappa shape index (κ3) is 5.93. The van der Waals surface area contributed by atoms with Gasteiger partial charge in [-0.3, -0.25) is 13.9 Å². The van der Waals surface area contributed by atoms with Gasteiger partial charge in [-0.15, -0.1) is 0 Å². The zero-order chi connectivity index (χ0) is 22.5. The second-order valence-corrected chi connectivity index (χ2v) is 8.97. The van der Waals surface area contributed by atoms with Crippen molar-refractivity contribution in [2.24, 2.45) is 0 Å². The number of anilines is 1. The summed E-state index contributed by atoms with van der Waals surface area (Å²) in [7, 11) is -2.41. The molecule has 10 heteroatoms. The van der Waals surface area contributed by atoms with E-state index < -0.39 is 40.2 Å². The zero-order valence-electron chi connectivity index (χ0n) is 16.8. The van der Waals surface area contributed by atoms with Crippen molar-refractivity contribution in [3.05, 3.63) is 64.9 Å². The molecule has 162 valence electrons. The van der Waals surface area contributed by atoms with Crippen molar-refractivity contribution < 1.29 is 22.4 Å². The van der Waals surface area contributed by atoms with Crippen LogP contribution in [-0.4, -0.2) is 51.0 Å². The fourth-order valence-electron chi connectivity index (χ4n) is 2.83. The van der Waals surface area contributed by atoms with Crippen LogP contribution in [0.15, 0.2) is 48.5 Å². The SMILES string of the molecule is CNC(=O)[C@@H](C)N(Cc1ccc(F)cc1)C(=O)CN(c1ccccc1Cl)S(C)(=O)=O. The smallest absolute Gasteiger partial charge is 0.244 e. The maximum absolute atomic E-state index is 13.2. The molecule has 0 saturated carbocycles. The molecule has 2 rings (SSSR count). The Kier molecular flexibility index (Phi) is 7.80. The van der Waals surface area contributed by atoms with Crippen molar-refractivity contribution in [1.29, 1.82) is 0 Å². The number of hydrogen-bond donors (Lipinski definition) is 1. The van der Waals surface area contributed by atoms with Crippen LogP contribution in [0.2, 0.25) is 5.02 Å². The van der Waals surface area contributed by atoms with Gasteiger partial charge in [0.1, 0.15) is 18.4 Å². The summed E-state index contributed by atoms with van der Waals surface area (Å²) in [5.41, 5.74) is 0.744. The molecule has 0 aliphatic carbocycles. The summed E-state index contributed by atoms with van der Waals surface area (Å²) >= 11 is 6.14. The number of hydrogen-bond acceptors (Lipinski definition) is 4. The van der Waals surface area contributed by atoms with Gasteiger partial charge in [-0.2, -0.15) is 0 Å². The van der Waals surface area contributed by atoms with Crippen molar-refractivity contribution in [3.63, 3.8) is 0 Å².